The van der Waals surface area contributed by atoms with Crippen LogP contribution < -0.4 is 5.32 Å². The fourth-order valence-corrected chi connectivity index (χ4v) is 3.51. The van der Waals surface area contributed by atoms with Crippen molar-refractivity contribution in [3.8, 4) is 0 Å². The third-order valence-corrected chi connectivity index (χ3v) is 5.60. The van der Waals surface area contributed by atoms with Crippen molar-refractivity contribution < 1.29 is 0 Å². The summed E-state index contributed by atoms with van der Waals surface area (Å²) < 4.78 is 0. The van der Waals surface area contributed by atoms with Crippen LogP contribution in [0.2, 0.25) is 0 Å². The van der Waals surface area contributed by atoms with Gasteiger partial charge in [0.25, 0.3) is 0 Å². The van der Waals surface area contributed by atoms with E-state index in [-0.39, 0.29) is 0 Å². The molecular weight excluding hydrogens is 240 g/mol. The van der Waals surface area contributed by atoms with Crippen LogP contribution in [0.1, 0.15) is 53.9 Å². The fourth-order valence-electron chi connectivity index (χ4n) is 2.58. The molecular formula is C15H28N2S. The van der Waals surface area contributed by atoms with Gasteiger partial charge >= 0.3 is 0 Å². The minimum atomic E-state index is 0.330. The van der Waals surface area contributed by atoms with Crippen LogP contribution in [0.25, 0.3) is 0 Å². The van der Waals surface area contributed by atoms with Gasteiger partial charge in [0.05, 0.1) is 0 Å². The molecule has 1 unspecified atom stereocenters. The highest BCUT2D eigenvalue weighted by molar-refractivity contribution is 8.13. The molecule has 2 fully saturated rings. The molecule has 2 aliphatic rings. The summed E-state index contributed by atoms with van der Waals surface area (Å²) in [6, 6.07) is 0.576. The SMILES string of the molecule is CC(C)C1(CN=C2NC(C(C)(C)C)CCS2)CC1. The molecule has 0 aromatic rings. The molecule has 1 N–H and O–H groups in total. The number of nitrogens with zero attached hydrogens (tertiary/aromatic N) is 1. The van der Waals surface area contributed by atoms with Gasteiger partial charge in [-0.25, -0.2) is 0 Å². The Bertz CT molecular complexity index is 324. The normalized spacial score (nSPS) is 29.4. The van der Waals surface area contributed by atoms with E-state index in [1.165, 1.54) is 30.2 Å². The lowest BCUT2D eigenvalue weighted by Crippen LogP contribution is -2.46. The van der Waals surface area contributed by atoms with Crippen LogP contribution in [0.3, 0.4) is 0 Å². The van der Waals surface area contributed by atoms with E-state index in [0.29, 0.717) is 16.9 Å². The van der Waals surface area contributed by atoms with E-state index in [9.17, 15) is 0 Å². The Morgan fingerprint density at radius 3 is 2.56 bits per heavy atom. The summed E-state index contributed by atoms with van der Waals surface area (Å²) >= 11 is 1.90. The molecule has 1 aliphatic carbocycles. The van der Waals surface area contributed by atoms with Gasteiger partial charge in [-0.2, -0.15) is 0 Å². The van der Waals surface area contributed by atoms with Crippen LogP contribution in [-0.2, 0) is 0 Å². The van der Waals surface area contributed by atoms with Crippen LogP contribution >= 0.6 is 11.8 Å². The van der Waals surface area contributed by atoms with Gasteiger partial charge in [-0.15, -0.1) is 0 Å². The molecule has 0 radical (unpaired) electrons. The summed E-state index contributed by atoms with van der Waals surface area (Å²) in [7, 11) is 0. The van der Waals surface area contributed by atoms with Crippen LogP contribution in [0.4, 0.5) is 0 Å². The first-order valence-electron chi connectivity index (χ1n) is 7.27. The zero-order valence-corrected chi connectivity index (χ0v) is 13.4. The van der Waals surface area contributed by atoms with Gasteiger partial charge in [-0.05, 0) is 36.0 Å². The average molecular weight is 268 g/mol. The highest BCUT2D eigenvalue weighted by atomic mass is 32.2. The molecule has 1 saturated carbocycles. The second-order valence-corrected chi connectivity index (χ2v) is 8.42. The van der Waals surface area contributed by atoms with Gasteiger partial charge in [-0.3, -0.25) is 4.99 Å². The maximum absolute atomic E-state index is 4.87. The van der Waals surface area contributed by atoms with Gasteiger partial charge in [0.2, 0.25) is 0 Å². The molecule has 1 heterocycles. The quantitative estimate of drug-likeness (QED) is 0.839. The van der Waals surface area contributed by atoms with Gasteiger partial charge < -0.3 is 5.32 Å². The standard InChI is InChI=1S/C15H28N2S/c1-11(2)15(7-8-15)10-16-13-17-12(6-9-18-13)14(3,4)5/h11-12H,6-10H2,1-5H3,(H,16,17). The van der Waals surface area contributed by atoms with E-state index >= 15 is 0 Å². The van der Waals surface area contributed by atoms with Crippen LogP contribution in [0.5, 0.6) is 0 Å². The van der Waals surface area contributed by atoms with Crippen LogP contribution in [-0.4, -0.2) is 23.5 Å². The number of amidine groups is 1. The molecule has 0 aromatic heterocycles. The monoisotopic (exact) mass is 268 g/mol. The van der Waals surface area contributed by atoms with E-state index in [0.717, 1.165) is 12.5 Å². The molecule has 2 nitrogen and oxygen atoms in total. The minimum absolute atomic E-state index is 0.330. The number of thioether (sulfide) groups is 1. The second-order valence-electron chi connectivity index (χ2n) is 7.34. The van der Waals surface area contributed by atoms with E-state index in [1.54, 1.807) is 0 Å². The van der Waals surface area contributed by atoms with Crippen molar-refractivity contribution in [2.75, 3.05) is 12.3 Å². The molecule has 1 atom stereocenters. The smallest absolute Gasteiger partial charge is 0.156 e. The summed E-state index contributed by atoms with van der Waals surface area (Å²) in [5, 5.41) is 4.83. The van der Waals surface area contributed by atoms with Crippen molar-refractivity contribution in [2.45, 2.75) is 59.9 Å². The molecule has 0 aromatic carbocycles. The Morgan fingerprint density at radius 2 is 2.06 bits per heavy atom. The number of aliphatic imine (C=N–C) groups is 1. The Kier molecular flexibility index (Phi) is 4.01. The van der Waals surface area contributed by atoms with Gasteiger partial charge in [0.1, 0.15) is 0 Å². The number of hydrogen-bond donors (Lipinski definition) is 1. The molecule has 1 aliphatic heterocycles. The van der Waals surface area contributed by atoms with Crippen LogP contribution in [0, 0.1) is 16.7 Å². The maximum Gasteiger partial charge on any atom is 0.156 e. The number of hydrogen-bond acceptors (Lipinski definition) is 2. The van der Waals surface area contributed by atoms with Gasteiger partial charge in [-0.1, -0.05) is 46.4 Å². The molecule has 18 heavy (non-hydrogen) atoms. The summed E-state index contributed by atoms with van der Waals surface area (Å²) in [5.74, 6) is 1.98. The summed E-state index contributed by atoms with van der Waals surface area (Å²) in [5.41, 5.74) is 0.862. The van der Waals surface area contributed by atoms with Crippen molar-refractivity contribution >= 4 is 16.9 Å². The Hall–Kier alpha value is -0.180. The lowest BCUT2D eigenvalue weighted by molar-refractivity contribution is 0.289. The van der Waals surface area contributed by atoms with Crippen molar-refractivity contribution in [3.05, 3.63) is 0 Å². The highest BCUT2D eigenvalue weighted by Crippen LogP contribution is 2.52. The number of nitrogens with one attached hydrogen (secondary N) is 1. The van der Waals surface area contributed by atoms with Crippen molar-refractivity contribution in [1.82, 2.24) is 5.32 Å². The van der Waals surface area contributed by atoms with E-state index in [1.807, 2.05) is 11.8 Å². The highest BCUT2D eigenvalue weighted by Gasteiger charge is 2.45. The second kappa shape index (κ2) is 5.07. The predicted octanol–water partition coefficient (Wildman–Crippen LogP) is 3.92. The Labute approximate surface area is 116 Å². The van der Waals surface area contributed by atoms with Crippen molar-refractivity contribution in [3.63, 3.8) is 0 Å². The maximum atomic E-state index is 4.87. The zero-order valence-electron chi connectivity index (χ0n) is 12.5. The molecule has 3 heteroatoms. The fraction of sp³-hybridized carbons (Fsp3) is 0.933. The van der Waals surface area contributed by atoms with E-state index in [2.05, 4.69) is 39.9 Å². The third kappa shape index (κ3) is 3.23. The molecule has 104 valence electrons. The first-order valence-corrected chi connectivity index (χ1v) is 8.26. The topological polar surface area (TPSA) is 24.4 Å². The van der Waals surface area contributed by atoms with Crippen molar-refractivity contribution in [2.24, 2.45) is 21.7 Å². The van der Waals surface area contributed by atoms with Gasteiger partial charge in [0, 0.05) is 18.3 Å². The molecule has 0 spiro atoms. The first-order chi connectivity index (χ1) is 8.33. The molecule has 2 rings (SSSR count). The Morgan fingerprint density at radius 1 is 1.39 bits per heavy atom. The summed E-state index contributed by atoms with van der Waals surface area (Å²) in [6.07, 6.45) is 3.99. The lowest BCUT2D eigenvalue weighted by Gasteiger charge is -2.35. The predicted molar refractivity (Wildman–Crippen MR) is 82.3 cm³/mol. The molecule has 0 amide bonds. The van der Waals surface area contributed by atoms with Crippen LogP contribution in [0.15, 0.2) is 4.99 Å². The summed E-state index contributed by atoms with van der Waals surface area (Å²) in [6.45, 7) is 12.6. The minimum Gasteiger partial charge on any atom is -0.362 e. The number of rotatable bonds is 3. The summed E-state index contributed by atoms with van der Waals surface area (Å²) in [4.78, 5) is 4.87. The first kappa shape index (κ1) is 14.2. The Balaban J connectivity index is 1.93. The zero-order chi connectivity index (χ0) is 13.4. The molecule has 1 saturated heterocycles. The van der Waals surface area contributed by atoms with E-state index < -0.39 is 0 Å². The lowest BCUT2D eigenvalue weighted by atomic mass is 9.85. The largest absolute Gasteiger partial charge is 0.362 e. The van der Waals surface area contributed by atoms with Crippen molar-refractivity contribution in [1.29, 1.82) is 0 Å². The molecule has 0 bridgehead atoms. The average Bonchev–Trinajstić information content (AvgIpc) is 3.07. The van der Waals surface area contributed by atoms with E-state index in [4.69, 9.17) is 4.99 Å². The third-order valence-electron chi connectivity index (χ3n) is 4.64. The van der Waals surface area contributed by atoms with Gasteiger partial charge in [0.15, 0.2) is 5.17 Å².